The Morgan fingerprint density at radius 2 is 1.84 bits per heavy atom. The van der Waals surface area contributed by atoms with Crippen LogP contribution in [-0.4, -0.2) is 31.3 Å². The Kier molecular flexibility index (Phi) is 7.67. The predicted molar refractivity (Wildman–Crippen MR) is 116 cm³/mol. The van der Waals surface area contributed by atoms with Crippen LogP contribution in [0.15, 0.2) is 65.9 Å². The molecule has 0 aliphatic carbocycles. The Labute approximate surface area is 182 Å². The van der Waals surface area contributed by atoms with Crippen LogP contribution in [0.25, 0.3) is 0 Å². The summed E-state index contributed by atoms with van der Waals surface area (Å²) < 4.78 is 16.7. The number of carbonyl (C=O) groups is 2. The Balaban J connectivity index is 1.74. The van der Waals surface area contributed by atoms with Gasteiger partial charge in [0.1, 0.15) is 19.0 Å². The van der Waals surface area contributed by atoms with E-state index in [0.717, 1.165) is 11.1 Å². The number of urea groups is 1. The molecule has 2 aromatic carbocycles. The van der Waals surface area contributed by atoms with E-state index in [1.165, 1.54) is 0 Å². The van der Waals surface area contributed by atoms with Crippen molar-refractivity contribution in [1.82, 2.24) is 10.6 Å². The molecule has 0 fully saturated rings. The van der Waals surface area contributed by atoms with E-state index in [1.54, 1.807) is 6.92 Å². The maximum atomic E-state index is 12.8. The largest absolute Gasteiger partial charge is 0.489 e. The van der Waals surface area contributed by atoms with Crippen LogP contribution in [0, 0.1) is 0 Å². The fourth-order valence-corrected chi connectivity index (χ4v) is 3.24. The second-order valence-electron chi connectivity index (χ2n) is 7.47. The summed E-state index contributed by atoms with van der Waals surface area (Å²) in [6, 6.07) is 16.1. The quantitative estimate of drug-likeness (QED) is 0.472. The minimum Gasteiger partial charge on any atom is -0.489 e. The molecule has 0 saturated heterocycles. The van der Waals surface area contributed by atoms with E-state index in [2.05, 4.69) is 10.6 Å². The van der Waals surface area contributed by atoms with Crippen molar-refractivity contribution in [1.29, 1.82) is 0 Å². The van der Waals surface area contributed by atoms with Crippen LogP contribution >= 0.6 is 0 Å². The molecular formula is C24H28N2O5. The van der Waals surface area contributed by atoms with Gasteiger partial charge in [0, 0.05) is 5.70 Å². The first-order chi connectivity index (χ1) is 14.9. The number of carbonyl (C=O) groups excluding carboxylic acids is 2. The van der Waals surface area contributed by atoms with Gasteiger partial charge in [-0.15, -0.1) is 0 Å². The Morgan fingerprint density at radius 3 is 2.58 bits per heavy atom. The van der Waals surface area contributed by atoms with Crippen LogP contribution in [0.4, 0.5) is 4.79 Å². The summed E-state index contributed by atoms with van der Waals surface area (Å²) in [6.07, 6.45) is 0.0571. The van der Waals surface area contributed by atoms with E-state index in [9.17, 15) is 9.59 Å². The first kappa shape index (κ1) is 22.4. The number of benzene rings is 2. The molecule has 7 heteroatoms. The van der Waals surface area contributed by atoms with Crippen LogP contribution in [0.1, 0.15) is 37.9 Å². The first-order valence-electron chi connectivity index (χ1n) is 10.3. The van der Waals surface area contributed by atoms with Crippen LogP contribution in [0.2, 0.25) is 0 Å². The molecule has 0 saturated carbocycles. The summed E-state index contributed by atoms with van der Waals surface area (Å²) in [5.41, 5.74) is 2.58. The summed E-state index contributed by atoms with van der Waals surface area (Å²) >= 11 is 0. The highest BCUT2D eigenvalue weighted by Gasteiger charge is 2.32. The van der Waals surface area contributed by atoms with Crippen LogP contribution in [0.5, 0.6) is 5.75 Å². The van der Waals surface area contributed by atoms with E-state index in [0.29, 0.717) is 30.2 Å². The van der Waals surface area contributed by atoms with Gasteiger partial charge in [-0.3, -0.25) is 0 Å². The number of nitrogens with one attached hydrogen (secondary N) is 2. The molecule has 1 heterocycles. The molecule has 164 valence electrons. The lowest BCUT2D eigenvalue weighted by atomic mass is 9.95. The number of rotatable bonds is 9. The predicted octanol–water partition coefficient (Wildman–Crippen LogP) is 3.86. The third kappa shape index (κ3) is 6.33. The zero-order chi connectivity index (χ0) is 22.2. The van der Waals surface area contributed by atoms with Crippen LogP contribution < -0.4 is 15.4 Å². The number of hydrogen-bond acceptors (Lipinski definition) is 5. The lowest BCUT2D eigenvalue weighted by Crippen LogP contribution is -2.45. The Bertz CT molecular complexity index is 940. The van der Waals surface area contributed by atoms with Crippen molar-refractivity contribution in [2.45, 2.75) is 39.5 Å². The number of ether oxygens (including phenoxy) is 3. The van der Waals surface area contributed by atoms with E-state index < -0.39 is 12.0 Å². The van der Waals surface area contributed by atoms with Crippen LogP contribution in [0.3, 0.4) is 0 Å². The summed E-state index contributed by atoms with van der Waals surface area (Å²) in [5.74, 6) is 0.141. The lowest BCUT2D eigenvalue weighted by molar-refractivity contribution is -0.141. The average molecular weight is 424 g/mol. The first-order valence-corrected chi connectivity index (χ1v) is 10.3. The standard InChI is InChI=1S/C24H28N2O5/c1-16(2)29-12-13-30-23(27)21-17(3)25-24(28)26-22(21)19-10-7-11-20(14-19)31-15-18-8-5-4-6-9-18/h4-11,14,16,22H,12-13,15H2,1-3H3,(H2,25,26,28). The molecule has 1 aliphatic rings. The molecular weight excluding hydrogens is 396 g/mol. The second kappa shape index (κ2) is 10.6. The molecule has 31 heavy (non-hydrogen) atoms. The smallest absolute Gasteiger partial charge is 0.338 e. The molecule has 3 rings (SSSR count). The fourth-order valence-electron chi connectivity index (χ4n) is 3.24. The number of amides is 2. The van der Waals surface area contributed by atoms with Gasteiger partial charge in [0.05, 0.1) is 24.3 Å². The summed E-state index contributed by atoms with van der Waals surface area (Å²) in [4.78, 5) is 24.9. The van der Waals surface area contributed by atoms with Crippen LogP contribution in [-0.2, 0) is 20.9 Å². The highest BCUT2D eigenvalue weighted by molar-refractivity contribution is 5.95. The van der Waals surface area contributed by atoms with Gasteiger partial charge in [-0.25, -0.2) is 9.59 Å². The maximum Gasteiger partial charge on any atom is 0.338 e. The number of esters is 1. The third-order valence-corrected chi connectivity index (χ3v) is 4.70. The fraction of sp³-hybridized carbons (Fsp3) is 0.333. The monoisotopic (exact) mass is 424 g/mol. The molecule has 7 nitrogen and oxygen atoms in total. The molecule has 2 aromatic rings. The zero-order valence-corrected chi connectivity index (χ0v) is 18.0. The van der Waals surface area contributed by atoms with Gasteiger partial charge in [0.25, 0.3) is 0 Å². The Morgan fingerprint density at radius 1 is 1.06 bits per heavy atom. The van der Waals surface area contributed by atoms with Gasteiger partial charge >= 0.3 is 12.0 Å². The maximum absolute atomic E-state index is 12.8. The average Bonchev–Trinajstić information content (AvgIpc) is 2.75. The second-order valence-corrected chi connectivity index (χ2v) is 7.47. The van der Waals surface area contributed by atoms with Crippen molar-refractivity contribution in [3.05, 3.63) is 77.0 Å². The molecule has 1 aliphatic heterocycles. The summed E-state index contributed by atoms with van der Waals surface area (Å²) in [7, 11) is 0. The normalized spacial score (nSPS) is 16.0. The van der Waals surface area contributed by atoms with Gasteiger partial charge in [-0.05, 0) is 44.0 Å². The van der Waals surface area contributed by atoms with Gasteiger partial charge in [-0.1, -0.05) is 42.5 Å². The lowest BCUT2D eigenvalue weighted by Gasteiger charge is -2.28. The number of allylic oxidation sites excluding steroid dienone is 1. The van der Waals surface area contributed by atoms with Gasteiger partial charge < -0.3 is 24.8 Å². The molecule has 0 aromatic heterocycles. The van der Waals surface area contributed by atoms with Gasteiger partial charge in [-0.2, -0.15) is 0 Å². The Hall–Kier alpha value is -3.32. The highest BCUT2D eigenvalue weighted by atomic mass is 16.6. The highest BCUT2D eigenvalue weighted by Crippen LogP contribution is 2.30. The topological polar surface area (TPSA) is 85.9 Å². The van der Waals surface area contributed by atoms with Crippen molar-refractivity contribution in [3.63, 3.8) is 0 Å². The molecule has 1 unspecified atom stereocenters. The van der Waals surface area contributed by atoms with Gasteiger partial charge in [0.2, 0.25) is 0 Å². The molecule has 0 spiro atoms. The number of hydrogen-bond donors (Lipinski definition) is 2. The van der Waals surface area contributed by atoms with Gasteiger partial charge in [0.15, 0.2) is 0 Å². The third-order valence-electron chi connectivity index (χ3n) is 4.70. The minimum atomic E-state index is -0.646. The van der Waals surface area contributed by atoms with E-state index in [1.807, 2.05) is 68.4 Å². The van der Waals surface area contributed by atoms with E-state index >= 15 is 0 Å². The van der Waals surface area contributed by atoms with Crippen molar-refractivity contribution in [2.75, 3.05) is 13.2 Å². The van der Waals surface area contributed by atoms with E-state index in [-0.39, 0.29) is 18.7 Å². The molecule has 0 radical (unpaired) electrons. The molecule has 0 bridgehead atoms. The van der Waals surface area contributed by atoms with Crippen molar-refractivity contribution in [2.24, 2.45) is 0 Å². The SMILES string of the molecule is CC1=C(C(=O)OCCOC(C)C)C(c2cccc(OCc3ccccc3)c2)NC(=O)N1. The molecule has 1 atom stereocenters. The van der Waals surface area contributed by atoms with E-state index in [4.69, 9.17) is 14.2 Å². The zero-order valence-electron chi connectivity index (χ0n) is 18.0. The van der Waals surface area contributed by atoms with Crippen molar-refractivity contribution >= 4 is 12.0 Å². The summed E-state index contributed by atoms with van der Waals surface area (Å²) in [6.45, 7) is 6.37. The summed E-state index contributed by atoms with van der Waals surface area (Å²) in [5, 5.41) is 5.45. The molecule has 2 amide bonds. The minimum absolute atomic E-state index is 0.0571. The van der Waals surface area contributed by atoms with Crippen molar-refractivity contribution < 1.29 is 23.8 Å². The molecule has 2 N–H and O–H groups in total. The van der Waals surface area contributed by atoms with Crippen molar-refractivity contribution in [3.8, 4) is 5.75 Å².